The fourth-order valence-electron chi connectivity index (χ4n) is 4.81. The number of alkyl halides is 7. The van der Waals surface area contributed by atoms with Crippen LogP contribution in [0.4, 0.5) is 30.7 Å². The SMILES string of the molecule is CCOc1ccccc1/C=C/C(=O)N1CCC2(CC1)CCN(C(=O)CCC(F)(C(F)(F)F)C(F)(F)F)C2. The summed E-state index contributed by atoms with van der Waals surface area (Å²) in [6, 6.07) is 7.26. The van der Waals surface area contributed by atoms with Crippen molar-refractivity contribution in [3.63, 3.8) is 0 Å². The standard InChI is InChI=1S/C25H29F7N2O3/c1-2-37-19-6-4-3-5-18(19)7-8-20(35)33-14-11-22(12-15-33)13-16-34(17-22)21(36)9-10-23(26,24(27,28)29)25(30,31)32/h3-8H,2,9-17H2,1H3/b8-7+. The molecule has 0 saturated carbocycles. The zero-order chi connectivity index (χ0) is 27.5. The van der Waals surface area contributed by atoms with Gasteiger partial charge in [0.1, 0.15) is 5.75 Å². The average Bonchev–Trinajstić information content (AvgIpc) is 3.24. The molecule has 0 radical (unpaired) electrons. The van der Waals surface area contributed by atoms with Gasteiger partial charge in [-0.15, -0.1) is 0 Å². The van der Waals surface area contributed by atoms with Gasteiger partial charge in [-0.3, -0.25) is 9.59 Å². The second kappa shape index (κ2) is 10.9. The Kier molecular flexibility index (Phi) is 8.48. The molecule has 1 spiro atoms. The molecular formula is C25H29F7N2O3. The van der Waals surface area contributed by atoms with Crippen molar-refractivity contribution in [2.75, 3.05) is 32.8 Å². The highest BCUT2D eigenvalue weighted by molar-refractivity contribution is 5.92. The molecule has 0 unspecified atom stereocenters. The van der Waals surface area contributed by atoms with Gasteiger partial charge in [0.15, 0.2) is 0 Å². The van der Waals surface area contributed by atoms with E-state index in [2.05, 4.69) is 0 Å². The number of carbonyl (C=O) groups excluding carboxylic acids is 2. The van der Waals surface area contributed by atoms with Crippen LogP contribution < -0.4 is 4.74 Å². The lowest BCUT2D eigenvalue weighted by atomic mass is 9.77. The normalized spacial score (nSPS) is 18.6. The molecule has 37 heavy (non-hydrogen) atoms. The lowest BCUT2D eigenvalue weighted by Crippen LogP contribution is -2.53. The first-order valence-electron chi connectivity index (χ1n) is 12.0. The van der Waals surface area contributed by atoms with Crippen LogP contribution in [-0.2, 0) is 9.59 Å². The van der Waals surface area contributed by atoms with E-state index in [0.717, 1.165) is 5.56 Å². The Balaban J connectivity index is 1.53. The van der Waals surface area contributed by atoms with Gasteiger partial charge in [0.25, 0.3) is 5.67 Å². The van der Waals surface area contributed by atoms with Crippen LogP contribution in [0.3, 0.4) is 0 Å². The summed E-state index contributed by atoms with van der Waals surface area (Å²) in [5.74, 6) is -0.495. The van der Waals surface area contributed by atoms with Crippen molar-refractivity contribution in [1.29, 1.82) is 0 Å². The number of hydrogen-bond acceptors (Lipinski definition) is 3. The first-order valence-corrected chi connectivity index (χ1v) is 12.0. The van der Waals surface area contributed by atoms with E-state index >= 15 is 0 Å². The lowest BCUT2D eigenvalue weighted by Gasteiger charge is -2.39. The molecule has 1 aromatic carbocycles. The smallest absolute Gasteiger partial charge is 0.431 e. The highest BCUT2D eigenvalue weighted by Crippen LogP contribution is 2.49. The van der Waals surface area contributed by atoms with Crippen molar-refractivity contribution in [1.82, 2.24) is 9.80 Å². The number of nitrogens with zero attached hydrogens (tertiary/aromatic N) is 2. The third kappa shape index (κ3) is 6.38. The van der Waals surface area contributed by atoms with E-state index in [0.29, 0.717) is 44.7 Å². The van der Waals surface area contributed by atoms with Crippen LogP contribution in [0.5, 0.6) is 5.75 Å². The van der Waals surface area contributed by atoms with Crippen LogP contribution >= 0.6 is 0 Å². The Morgan fingerprint density at radius 1 is 0.946 bits per heavy atom. The fourth-order valence-corrected chi connectivity index (χ4v) is 4.81. The molecule has 2 fully saturated rings. The van der Waals surface area contributed by atoms with E-state index < -0.39 is 36.8 Å². The molecule has 206 valence electrons. The highest BCUT2D eigenvalue weighted by atomic mass is 19.4. The minimum atomic E-state index is -6.17. The molecule has 0 aliphatic carbocycles. The minimum absolute atomic E-state index is 0.156. The minimum Gasteiger partial charge on any atom is -0.493 e. The average molecular weight is 539 g/mol. The second-order valence-corrected chi connectivity index (χ2v) is 9.49. The van der Waals surface area contributed by atoms with E-state index in [9.17, 15) is 40.3 Å². The van der Waals surface area contributed by atoms with Gasteiger partial charge in [-0.2, -0.15) is 26.3 Å². The number of likely N-dealkylation sites (tertiary alicyclic amines) is 2. The summed E-state index contributed by atoms with van der Waals surface area (Å²) < 4.78 is 96.0. The fraction of sp³-hybridized carbons (Fsp3) is 0.600. The second-order valence-electron chi connectivity index (χ2n) is 9.49. The molecule has 2 aliphatic rings. The quantitative estimate of drug-likeness (QED) is 0.338. The van der Waals surface area contributed by atoms with E-state index in [1.807, 2.05) is 25.1 Å². The topological polar surface area (TPSA) is 49.9 Å². The summed E-state index contributed by atoms with van der Waals surface area (Å²) in [5.41, 5.74) is -5.06. The van der Waals surface area contributed by atoms with E-state index in [4.69, 9.17) is 4.74 Å². The van der Waals surface area contributed by atoms with E-state index in [-0.39, 0.29) is 24.4 Å². The lowest BCUT2D eigenvalue weighted by molar-refractivity contribution is -0.343. The van der Waals surface area contributed by atoms with Gasteiger partial charge in [0, 0.05) is 50.7 Å². The van der Waals surface area contributed by atoms with Crippen molar-refractivity contribution >= 4 is 17.9 Å². The number of amides is 2. The maximum atomic E-state index is 13.9. The zero-order valence-electron chi connectivity index (χ0n) is 20.3. The van der Waals surface area contributed by atoms with Crippen molar-refractivity contribution in [3.8, 4) is 5.75 Å². The number of benzene rings is 1. The predicted octanol–water partition coefficient (Wildman–Crippen LogP) is 5.55. The summed E-state index contributed by atoms with van der Waals surface area (Å²) in [6.07, 6.45) is -10.9. The summed E-state index contributed by atoms with van der Waals surface area (Å²) in [4.78, 5) is 27.9. The number of rotatable bonds is 7. The van der Waals surface area contributed by atoms with E-state index in [1.165, 1.54) is 11.0 Å². The Hall–Kier alpha value is -2.79. The third-order valence-electron chi connectivity index (χ3n) is 7.13. The Morgan fingerprint density at radius 2 is 1.51 bits per heavy atom. The van der Waals surface area contributed by atoms with Crippen LogP contribution in [0, 0.1) is 5.41 Å². The molecule has 2 amide bonds. The molecule has 0 bridgehead atoms. The first kappa shape index (κ1) is 28.8. The number of piperidine rings is 1. The molecule has 12 heteroatoms. The number of para-hydroxylation sites is 1. The Labute approximate surface area is 210 Å². The highest BCUT2D eigenvalue weighted by Gasteiger charge is 2.72. The van der Waals surface area contributed by atoms with Crippen LogP contribution in [0.25, 0.3) is 6.08 Å². The maximum Gasteiger partial charge on any atom is 0.431 e. The van der Waals surface area contributed by atoms with E-state index in [1.54, 1.807) is 17.0 Å². The summed E-state index contributed by atoms with van der Waals surface area (Å²) in [6.45, 7) is 3.45. The van der Waals surface area contributed by atoms with Gasteiger partial charge < -0.3 is 14.5 Å². The molecule has 3 rings (SSSR count). The Bertz CT molecular complexity index is 985. The molecule has 1 aromatic rings. The summed E-state index contributed by atoms with van der Waals surface area (Å²) in [5, 5.41) is 0. The zero-order valence-corrected chi connectivity index (χ0v) is 20.3. The largest absolute Gasteiger partial charge is 0.493 e. The number of hydrogen-bond donors (Lipinski definition) is 0. The molecule has 2 aliphatic heterocycles. The number of halogens is 7. The van der Waals surface area contributed by atoms with Gasteiger partial charge in [-0.1, -0.05) is 18.2 Å². The van der Waals surface area contributed by atoms with Crippen molar-refractivity contribution in [2.24, 2.45) is 5.41 Å². The van der Waals surface area contributed by atoms with Crippen molar-refractivity contribution in [2.45, 2.75) is 57.0 Å². The predicted molar refractivity (Wildman–Crippen MR) is 121 cm³/mol. The van der Waals surface area contributed by atoms with Gasteiger partial charge in [0.05, 0.1) is 6.61 Å². The molecule has 2 saturated heterocycles. The Morgan fingerprint density at radius 3 is 2.08 bits per heavy atom. The summed E-state index contributed by atoms with van der Waals surface area (Å²) in [7, 11) is 0. The van der Waals surface area contributed by atoms with Crippen LogP contribution in [0.2, 0.25) is 0 Å². The van der Waals surface area contributed by atoms with Crippen LogP contribution in [0.1, 0.15) is 44.6 Å². The van der Waals surface area contributed by atoms with Crippen LogP contribution in [0.15, 0.2) is 30.3 Å². The molecule has 0 aromatic heterocycles. The third-order valence-corrected chi connectivity index (χ3v) is 7.13. The van der Waals surface area contributed by atoms with Crippen molar-refractivity contribution < 1.29 is 45.1 Å². The molecule has 2 heterocycles. The maximum absolute atomic E-state index is 13.9. The van der Waals surface area contributed by atoms with Gasteiger partial charge >= 0.3 is 12.4 Å². The summed E-state index contributed by atoms with van der Waals surface area (Å²) >= 11 is 0. The molecule has 0 atom stereocenters. The number of carbonyl (C=O) groups is 2. The van der Waals surface area contributed by atoms with Crippen molar-refractivity contribution in [3.05, 3.63) is 35.9 Å². The monoisotopic (exact) mass is 538 g/mol. The molecular weight excluding hydrogens is 509 g/mol. The van der Waals surface area contributed by atoms with Gasteiger partial charge in [0.2, 0.25) is 11.8 Å². The molecule has 5 nitrogen and oxygen atoms in total. The molecule has 0 N–H and O–H groups in total. The van der Waals surface area contributed by atoms with Gasteiger partial charge in [-0.05, 0) is 43.7 Å². The number of ether oxygens (including phenoxy) is 1. The first-order chi connectivity index (χ1) is 17.2. The van der Waals surface area contributed by atoms with Crippen LogP contribution in [-0.4, -0.2) is 72.4 Å². The van der Waals surface area contributed by atoms with Gasteiger partial charge in [-0.25, -0.2) is 4.39 Å².